The molecule has 0 rings (SSSR count). The molecule has 2 atom stereocenters. The van der Waals surface area contributed by atoms with E-state index in [1.54, 1.807) is 0 Å². The summed E-state index contributed by atoms with van der Waals surface area (Å²) in [4.78, 5) is 45.9. The first-order valence-electron chi connectivity index (χ1n) is 30.0. The van der Waals surface area contributed by atoms with Gasteiger partial charge >= 0.3 is 31.4 Å². The fraction of sp³-hybridized carbons (Fsp3) is 0.933. The Labute approximate surface area is 441 Å². The van der Waals surface area contributed by atoms with Gasteiger partial charge in [-0.25, -0.2) is 0 Å². The fourth-order valence-corrected chi connectivity index (χ4v) is 9.18. The molecular formula is C60H114O8Zn. The third-order valence-electron chi connectivity index (χ3n) is 13.6. The largest absolute Gasteiger partial charge is 2.00 e. The maximum absolute atomic E-state index is 12.4. The van der Waals surface area contributed by atoms with Crippen LogP contribution in [0.4, 0.5) is 0 Å². The Hall–Kier alpha value is -1.50. The molecule has 8 nitrogen and oxygen atoms in total. The minimum Gasteiger partial charge on any atom is -0.550 e. The van der Waals surface area contributed by atoms with E-state index >= 15 is 0 Å². The van der Waals surface area contributed by atoms with E-state index in [2.05, 4.69) is 27.7 Å². The Bertz CT molecular complexity index is 988. The molecule has 0 fully saturated rings. The predicted molar refractivity (Wildman–Crippen MR) is 283 cm³/mol. The number of ether oxygens (including phenoxy) is 2. The minimum absolute atomic E-state index is 0. The normalized spacial score (nSPS) is 11.9. The predicted octanol–water partition coefficient (Wildman–Crippen LogP) is 16.9. The van der Waals surface area contributed by atoms with Crippen molar-refractivity contribution in [3.8, 4) is 0 Å². The van der Waals surface area contributed by atoms with Gasteiger partial charge in [0.15, 0.2) is 0 Å². The van der Waals surface area contributed by atoms with E-state index in [-0.39, 0.29) is 56.5 Å². The van der Waals surface area contributed by atoms with Gasteiger partial charge in [0.25, 0.3) is 0 Å². The van der Waals surface area contributed by atoms with Crippen LogP contribution in [0.5, 0.6) is 0 Å². The van der Waals surface area contributed by atoms with Crippen molar-refractivity contribution in [2.45, 2.75) is 361 Å². The van der Waals surface area contributed by atoms with Crippen LogP contribution in [0.25, 0.3) is 0 Å². The van der Waals surface area contributed by atoms with Crippen molar-refractivity contribution in [3.05, 3.63) is 0 Å². The van der Waals surface area contributed by atoms with Crippen LogP contribution < -0.4 is 10.2 Å². The molecule has 0 saturated heterocycles. The molecule has 9 heteroatoms. The van der Waals surface area contributed by atoms with Crippen molar-refractivity contribution in [3.63, 3.8) is 0 Å². The topological polar surface area (TPSA) is 133 Å². The van der Waals surface area contributed by atoms with E-state index in [0.29, 0.717) is 25.7 Å². The first kappa shape index (κ1) is 71.8. The number of hydrogen-bond donors (Lipinski definition) is 0. The summed E-state index contributed by atoms with van der Waals surface area (Å²) in [6.07, 6.45) is 55.6. The number of aliphatic carboxylic acids is 2. The summed E-state index contributed by atoms with van der Waals surface area (Å²) < 4.78 is 11.8. The van der Waals surface area contributed by atoms with Crippen LogP contribution in [0.1, 0.15) is 349 Å². The Balaban J connectivity index is -0.00000124. The number of rotatable bonds is 54. The summed E-state index contributed by atoms with van der Waals surface area (Å²) in [6.45, 7) is 9.00. The van der Waals surface area contributed by atoms with Crippen molar-refractivity contribution in [1.82, 2.24) is 0 Å². The van der Waals surface area contributed by atoms with Crippen molar-refractivity contribution >= 4 is 23.9 Å². The van der Waals surface area contributed by atoms with Crippen LogP contribution in [0.2, 0.25) is 0 Å². The van der Waals surface area contributed by atoms with Crippen molar-refractivity contribution in [2.75, 3.05) is 0 Å². The smallest absolute Gasteiger partial charge is 0.550 e. The van der Waals surface area contributed by atoms with Crippen LogP contribution in [-0.4, -0.2) is 36.1 Å². The Morgan fingerprint density at radius 1 is 0.275 bits per heavy atom. The Morgan fingerprint density at radius 3 is 0.652 bits per heavy atom. The summed E-state index contributed by atoms with van der Waals surface area (Å²) in [6, 6.07) is 0. The summed E-state index contributed by atoms with van der Waals surface area (Å²) in [5.74, 6) is -1.97. The second-order valence-electron chi connectivity index (χ2n) is 20.6. The second kappa shape index (κ2) is 60.8. The molecule has 0 bridgehead atoms. The van der Waals surface area contributed by atoms with Gasteiger partial charge in [-0.05, 0) is 89.9 Å². The van der Waals surface area contributed by atoms with E-state index in [1.807, 2.05) is 0 Å². The van der Waals surface area contributed by atoms with E-state index in [1.165, 1.54) is 180 Å². The molecule has 0 spiro atoms. The van der Waals surface area contributed by atoms with E-state index in [9.17, 15) is 29.4 Å². The molecular weight excluding hydrogens is 914 g/mol. The Morgan fingerprint density at radius 2 is 0.449 bits per heavy atom. The zero-order chi connectivity index (χ0) is 50.2. The standard InChI is InChI=1S/2C30H58O4.Zn/c2*1-3-5-7-9-11-13-15-17-23-27-30(33)34-28(25-21-18-19-22-26-29(31)32)24-20-16-14-12-10-8-6-4-2;/h2*28H,3-27H2,1-2H3,(H,31,32);/q;;+2/p-2. The van der Waals surface area contributed by atoms with Crippen LogP contribution in [0.3, 0.4) is 0 Å². The Kier molecular flexibility index (Phi) is 63.2. The molecule has 0 aromatic carbocycles. The number of esters is 2. The molecule has 0 saturated carbocycles. The molecule has 0 aromatic heterocycles. The van der Waals surface area contributed by atoms with E-state index in [4.69, 9.17) is 9.47 Å². The molecule has 0 radical (unpaired) electrons. The van der Waals surface area contributed by atoms with Crippen molar-refractivity contribution in [2.24, 2.45) is 0 Å². The quantitative estimate of drug-likeness (QED) is 0.0334. The first-order chi connectivity index (χ1) is 33.2. The van der Waals surface area contributed by atoms with Gasteiger partial charge in [-0.3, -0.25) is 9.59 Å². The fourth-order valence-electron chi connectivity index (χ4n) is 9.18. The molecule has 0 aromatic rings. The first-order valence-corrected chi connectivity index (χ1v) is 30.0. The number of carboxylic acid groups (broad SMARTS) is 2. The zero-order valence-corrected chi connectivity index (χ0v) is 49.5. The van der Waals surface area contributed by atoms with Gasteiger partial charge in [-0.1, -0.05) is 246 Å². The maximum atomic E-state index is 12.4. The van der Waals surface area contributed by atoms with Gasteiger partial charge in [0, 0.05) is 24.8 Å². The third-order valence-corrected chi connectivity index (χ3v) is 13.6. The number of hydrogen-bond acceptors (Lipinski definition) is 8. The van der Waals surface area contributed by atoms with Gasteiger partial charge in [0.05, 0.1) is 0 Å². The zero-order valence-electron chi connectivity index (χ0n) is 46.5. The molecule has 0 aliphatic heterocycles. The van der Waals surface area contributed by atoms with Gasteiger partial charge < -0.3 is 29.3 Å². The summed E-state index contributed by atoms with van der Waals surface area (Å²) in [5, 5.41) is 21.1. The van der Waals surface area contributed by atoms with Gasteiger partial charge in [0.2, 0.25) is 0 Å². The second-order valence-corrected chi connectivity index (χ2v) is 20.6. The van der Waals surface area contributed by atoms with Gasteiger partial charge in [-0.2, -0.15) is 0 Å². The van der Waals surface area contributed by atoms with E-state index < -0.39 is 11.9 Å². The SMILES string of the molecule is CCCCCCCCCCCC(=O)OC(CCCCCCCCCC)CCCCCCC(=O)[O-].CCCCCCCCCCCC(=O)OC(CCCCCCCCCC)CCCCCCC(=O)[O-].[Zn+2]. The molecule has 0 N–H and O–H groups in total. The third kappa shape index (κ3) is 62.6. The molecule has 2 unspecified atom stereocenters. The van der Waals surface area contributed by atoms with Crippen LogP contribution >= 0.6 is 0 Å². The van der Waals surface area contributed by atoms with Gasteiger partial charge in [-0.15, -0.1) is 0 Å². The van der Waals surface area contributed by atoms with E-state index in [0.717, 1.165) is 103 Å². The van der Waals surface area contributed by atoms with Crippen LogP contribution in [0, 0.1) is 0 Å². The van der Waals surface area contributed by atoms with Crippen molar-refractivity contribution < 1.29 is 58.3 Å². The van der Waals surface area contributed by atoms with Crippen molar-refractivity contribution in [1.29, 1.82) is 0 Å². The number of unbranched alkanes of at least 4 members (excludes halogenated alkanes) is 36. The van der Waals surface area contributed by atoms with Gasteiger partial charge in [0.1, 0.15) is 12.2 Å². The maximum Gasteiger partial charge on any atom is 2.00 e. The summed E-state index contributed by atoms with van der Waals surface area (Å²) in [5.41, 5.74) is 0. The summed E-state index contributed by atoms with van der Waals surface area (Å²) >= 11 is 0. The molecule has 0 aliphatic rings. The molecule has 0 amide bonds. The number of carboxylic acids is 2. The summed E-state index contributed by atoms with van der Waals surface area (Å²) in [7, 11) is 0. The average molecular weight is 1030 g/mol. The monoisotopic (exact) mass is 1030 g/mol. The molecule has 0 aliphatic carbocycles. The number of carbonyl (C=O) groups is 4. The van der Waals surface area contributed by atoms with Crippen LogP contribution in [0.15, 0.2) is 0 Å². The molecule has 0 heterocycles. The number of carbonyl (C=O) groups excluding carboxylic acids is 4. The molecule has 404 valence electrons. The molecule has 69 heavy (non-hydrogen) atoms. The minimum atomic E-state index is -0.960. The van der Waals surface area contributed by atoms with Crippen LogP contribution in [-0.2, 0) is 48.1 Å². The average Bonchev–Trinajstić information content (AvgIpc) is 3.31.